The Bertz CT molecular complexity index is 625. The highest BCUT2D eigenvalue weighted by molar-refractivity contribution is 7.09. The van der Waals surface area contributed by atoms with Gasteiger partial charge < -0.3 is 0 Å². The number of aromatic nitrogens is 1. The fraction of sp³-hybridized carbons (Fsp3) is 0.550. The molecule has 0 saturated heterocycles. The summed E-state index contributed by atoms with van der Waals surface area (Å²) < 4.78 is 2.54. The molecule has 0 saturated carbocycles. The summed E-state index contributed by atoms with van der Waals surface area (Å²) in [4.78, 5) is 1.62. The molecule has 0 bridgehead atoms. The predicted octanol–water partition coefficient (Wildman–Crippen LogP) is 5.54. The zero-order valence-electron chi connectivity index (χ0n) is 14.4. The highest BCUT2D eigenvalue weighted by atomic mass is 32.1. The monoisotopic (exact) mass is 314 g/mol. The zero-order chi connectivity index (χ0) is 15.7. The molecule has 1 aromatic carbocycles. The van der Waals surface area contributed by atoms with Crippen LogP contribution in [-0.4, -0.2) is 0 Å². The van der Waals surface area contributed by atoms with Crippen LogP contribution < -0.4 is 4.57 Å². The number of nitrogens with zero attached hydrogens (tertiary/aromatic N) is 1. The largest absolute Gasteiger partial charge is 0.231 e. The Balaban J connectivity index is 2.21. The van der Waals surface area contributed by atoms with Crippen LogP contribution in [-0.2, 0) is 12.8 Å². The second-order valence-corrected chi connectivity index (χ2v) is 8.06. The summed E-state index contributed by atoms with van der Waals surface area (Å²) >= 11 is 1.96. The van der Waals surface area contributed by atoms with Gasteiger partial charge in [0.15, 0.2) is 0 Å². The van der Waals surface area contributed by atoms with E-state index in [2.05, 4.69) is 56.0 Å². The maximum atomic E-state index is 2.54. The van der Waals surface area contributed by atoms with Crippen LogP contribution >= 0.6 is 11.3 Å². The summed E-state index contributed by atoms with van der Waals surface area (Å²) in [6.07, 6.45) is 6.59. The zero-order valence-corrected chi connectivity index (χ0v) is 15.2. The Morgan fingerprint density at radius 1 is 0.909 bits per heavy atom. The second-order valence-electron chi connectivity index (χ2n) is 7.12. The average molecular weight is 315 g/mol. The van der Waals surface area contributed by atoms with Gasteiger partial charge in [-0.05, 0) is 31.1 Å². The molecule has 0 radical (unpaired) electrons. The molecule has 0 N–H and O–H groups in total. The Labute approximate surface area is 139 Å². The van der Waals surface area contributed by atoms with Crippen molar-refractivity contribution >= 4 is 11.3 Å². The minimum absolute atomic E-state index is 0.558. The second kappa shape index (κ2) is 6.54. The molecule has 0 atom stereocenters. The number of aryl methyl sites for hydroxylation is 1. The van der Waals surface area contributed by atoms with Gasteiger partial charge in [-0.15, -0.1) is 0 Å². The van der Waals surface area contributed by atoms with E-state index in [9.17, 15) is 0 Å². The number of rotatable bonds is 3. The standard InChI is InChI=1S/C20H28NS/c1-14(2)16-9-8-10-17(15(3)4)20(16)21-13-22-19-12-7-5-6-11-18(19)21/h8-10,13-15H,5-7,11-12H2,1-4H3/q+1. The molecule has 2 aromatic rings. The lowest BCUT2D eigenvalue weighted by Gasteiger charge is -2.15. The van der Waals surface area contributed by atoms with E-state index in [0.29, 0.717) is 11.8 Å². The van der Waals surface area contributed by atoms with E-state index in [1.807, 2.05) is 11.3 Å². The van der Waals surface area contributed by atoms with Gasteiger partial charge in [-0.3, -0.25) is 0 Å². The molecular weight excluding hydrogens is 286 g/mol. The van der Waals surface area contributed by atoms with Gasteiger partial charge in [-0.2, -0.15) is 4.57 Å². The molecule has 1 nitrogen and oxygen atoms in total. The first kappa shape index (κ1) is 15.7. The van der Waals surface area contributed by atoms with Crippen molar-refractivity contribution in [2.24, 2.45) is 0 Å². The summed E-state index contributed by atoms with van der Waals surface area (Å²) in [6.45, 7) is 9.26. The molecule has 0 unspecified atom stereocenters. The average Bonchev–Trinajstić information content (AvgIpc) is 2.74. The van der Waals surface area contributed by atoms with Crippen molar-refractivity contribution in [3.8, 4) is 5.69 Å². The van der Waals surface area contributed by atoms with E-state index >= 15 is 0 Å². The Hall–Kier alpha value is -1.15. The molecule has 0 spiro atoms. The van der Waals surface area contributed by atoms with Crippen LogP contribution in [0.2, 0.25) is 0 Å². The number of fused-ring (bicyclic) bond motifs is 1. The van der Waals surface area contributed by atoms with Crippen molar-refractivity contribution in [3.63, 3.8) is 0 Å². The van der Waals surface area contributed by atoms with Gasteiger partial charge >= 0.3 is 0 Å². The van der Waals surface area contributed by atoms with E-state index in [0.717, 1.165) is 0 Å². The van der Waals surface area contributed by atoms with Gasteiger partial charge in [-0.1, -0.05) is 63.7 Å². The minimum Gasteiger partial charge on any atom is -0.153 e. The fourth-order valence-corrected chi connectivity index (χ4v) is 4.64. The first-order valence-corrected chi connectivity index (χ1v) is 9.61. The lowest BCUT2D eigenvalue weighted by molar-refractivity contribution is -0.600. The topological polar surface area (TPSA) is 3.88 Å². The molecule has 1 aliphatic carbocycles. The Morgan fingerprint density at radius 2 is 1.55 bits per heavy atom. The molecule has 1 heterocycles. The third kappa shape index (κ3) is 2.86. The number of benzene rings is 1. The molecule has 0 fully saturated rings. The highest BCUT2D eigenvalue weighted by Gasteiger charge is 2.28. The predicted molar refractivity (Wildman–Crippen MR) is 95.3 cm³/mol. The SMILES string of the molecule is CC(C)c1cccc(C(C)C)c1-[n+]1csc2c1CCCCC2. The summed E-state index contributed by atoms with van der Waals surface area (Å²) in [6, 6.07) is 6.87. The first-order chi connectivity index (χ1) is 10.6. The van der Waals surface area contributed by atoms with Crippen molar-refractivity contribution in [1.29, 1.82) is 0 Å². The summed E-state index contributed by atoms with van der Waals surface area (Å²) in [5.74, 6) is 1.12. The normalized spacial score (nSPS) is 15.2. The highest BCUT2D eigenvalue weighted by Crippen LogP contribution is 2.31. The Morgan fingerprint density at radius 3 is 2.18 bits per heavy atom. The van der Waals surface area contributed by atoms with Crippen LogP contribution in [0.25, 0.3) is 5.69 Å². The molecule has 0 aliphatic heterocycles. The quantitative estimate of drug-likeness (QED) is 0.517. The van der Waals surface area contributed by atoms with Crippen molar-refractivity contribution in [1.82, 2.24) is 0 Å². The van der Waals surface area contributed by atoms with E-state index in [4.69, 9.17) is 0 Å². The molecule has 22 heavy (non-hydrogen) atoms. The van der Waals surface area contributed by atoms with E-state index in [1.54, 1.807) is 10.6 Å². The number of hydrogen-bond acceptors (Lipinski definition) is 1. The summed E-state index contributed by atoms with van der Waals surface area (Å²) in [7, 11) is 0. The first-order valence-electron chi connectivity index (χ1n) is 8.73. The van der Waals surface area contributed by atoms with Gasteiger partial charge in [-0.25, -0.2) is 0 Å². The number of hydrogen-bond donors (Lipinski definition) is 0. The number of para-hydroxylation sites is 1. The van der Waals surface area contributed by atoms with Crippen LogP contribution in [0.1, 0.15) is 80.5 Å². The van der Waals surface area contributed by atoms with Crippen LogP contribution in [0, 0.1) is 0 Å². The molecule has 3 rings (SSSR count). The van der Waals surface area contributed by atoms with E-state index in [-0.39, 0.29) is 0 Å². The van der Waals surface area contributed by atoms with Crippen molar-refractivity contribution in [2.45, 2.75) is 71.6 Å². The lowest BCUT2D eigenvalue weighted by Crippen LogP contribution is -2.36. The van der Waals surface area contributed by atoms with Gasteiger partial charge in [0.1, 0.15) is 0 Å². The molecule has 118 valence electrons. The smallest absolute Gasteiger partial charge is 0.153 e. The van der Waals surface area contributed by atoms with Crippen LogP contribution in [0.4, 0.5) is 0 Å². The number of thiazole rings is 1. The molecule has 2 heteroatoms. The van der Waals surface area contributed by atoms with Gasteiger partial charge in [0.25, 0.3) is 0 Å². The van der Waals surface area contributed by atoms with Crippen molar-refractivity contribution in [3.05, 3.63) is 45.4 Å². The third-order valence-corrected chi connectivity index (χ3v) is 5.85. The van der Waals surface area contributed by atoms with Crippen LogP contribution in [0.3, 0.4) is 0 Å². The van der Waals surface area contributed by atoms with Crippen LogP contribution in [0.15, 0.2) is 23.7 Å². The molecule has 0 amide bonds. The fourth-order valence-electron chi connectivity index (χ4n) is 3.58. The molecule has 1 aromatic heterocycles. The maximum Gasteiger partial charge on any atom is 0.231 e. The van der Waals surface area contributed by atoms with Gasteiger partial charge in [0.2, 0.25) is 16.9 Å². The van der Waals surface area contributed by atoms with E-state index in [1.165, 1.54) is 48.9 Å². The molecule has 1 aliphatic rings. The van der Waals surface area contributed by atoms with Crippen molar-refractivity contribution < 1.29 is 4.57 Å². The van der Waals surface area contributed by atoms with Crippen molar-refractivity contribution in [2.75, 3.05) is 0 Å². The summed E-state index contributed by atoms with van der Waals surface area (Å²) in [5, 5.41) is 0. The van der Waals surface area contributed by atoms with Gasteiger partial charge in [0, 0.05) is 17.5 Å². The maximum absolute atomic E-state index is 2.54. The van der Waals surface area contributed by atoms with E-state index < -0.39 is 0 Å². The third-order valence-electron chi connectivity index (χ3n) is 4.81. The molecular formula is C20H28NS+. The lowest BCUT2D eigenvalue weighted by atomic mass is 9.92. The minimum atomic E-state index is 0.558. The summed E-state index contributed by atoms with van der Waals surface area (Å²) in [5.41, 5.74) is 8.38. The van der Waals surface area contributed by atoms with Crippen LogP contribution in [0.5, 0.6) is 0 Å². The van der Waals surface area contributed by atoms with Gasteiger partial charge in [0.05, 0.1) is 4.88 Å². The Kier molecular flexibility index (Phi) is 4.67.